The van der Waals surface area contributed by atoms with Crippen LogP contribution in [0.25, 0.3) is 0 Å². The molecular weight excluding hydrogens is 415 g/mol. The van der Waals surface area contributed by atoms with Gasteiger partial charge in [0.15, 0.2) is 0 Å². The highest BCUT2D eigenvalue weighted by atomic mass is 19.1. The van der Waals surface area contributed by atoms with Gasteiger partial charge in [0, 0.05) is 33.1 Å². The predicted molar refractivity (Wildman–Crippen MR) is 118 cm³/mol. The van der Waals surface area contributed by atoms with Gasteiger partial charge < -0.3 is 24.6 Å². The lowest BCUT2D eigenvalue weighted by molar-refractivity contribution is -0.118. The first-order valence-corrected chi connectivity index (χ1v) is 10.8. The highest BCUT2D eigenvalue weighted by molar-refractivity contribution is 5.72. The number of hydrogen-bond donors (Lipinski definition) is 2. The Morgan fingerprint density at radius 2 is 1.84 bits per heavy atom. The van der Waals surface area contributed by atoms with Crippen molar-refractivity contribution >= 4 is 5.91 Å². The third-order valence-electron chi connectivity index (χ3n) is 5.05. The van der Waals surface area contributed by atoms with Crippen LogP contribution < -0.4 is 14.8 Å². The summed E-state index contributed by atoms with van der Waals surface area (Å²) in [7, 11) is 0. The number of halogens is 1. The zero-order valence-electron chi connectivity index (χ0n) is 18.4. The van der Waals surface area contributed by atoms with E-state index in [-0.39, 0.29) is 24.9 Å². The van der Waals surface area contributed by atoms with Crippen LogP contribution in [0.3, 0.4) is 0 Å². The van der Waals surface area contributed by atoms with E-state index in [0.29, 0.717) is 45.1 Å². The number of hydrogen-bond acceptors (Lipinski definition) is 6. The van der Waals surface area contributed by atoms with E-state index in [2.05, 4.69) is 10.2 Å². The van der Waals surface area contributed by atoms with Gasteiger partial charge in [-0.15, -0.1) is 0 Å². The van der Waals surface area contributed by atoms with Gasteiger partial charge >= 0.3 is 0 Å². The molecule has 1 aliphatic heterocycles. The van der Waals surface area contributed by atoms with Gasteiger partial charge in [0.2, 0.25) is 5.91 Å². The molecule has 8 heteroatoms. The van der Waals surface area contributed by atoms with Crippen molar-refractivity contribution in [1.29, 1.82) is 0 Å². The topological polar surface area (TPSA) is 80.3 Å². The summed E-state index contributed by atoms with van der Waals surface area (Å²) in [6.07, 6.45) is 0.744. The van der Waals surface area contributed by atoms with Crippen molar-refractivity contribution in [2.24, 2.45) is 0 Å². The van der Waals surface area contributed by atoms with Crippen LogP contribution in [0.15, 0.2) is 48.5 Å². The van der Waals surface area contributed by atoms with Gasteiger partial charge in [0.1, 0.15) is 29.5 Å². The molecule has 0 saturated carbocycles. The van der Waals surface area contributed by atoms with E-state index in [0.717, 1.165) is 17.7 Å². The predicted octanol–water partition coefficient (Wildman–Crippen LogP) is 2.37. The summed E-state index contributed by atoms with van der Waals surface area (Å²) in [5.74, 6) is 0.909. The van der Waals surface area contributed by atoms with Gasteiger partial charge in [-0.25, -0.2) is 4.39 Å². The summed E-state index contributed by atoms with van der Waals surface area (Å²) in [4.78, 5) is 13.0. The number of benzene rings is 2. The summed E-state index contributed by atoms with van der Waals surface area (Å²) in [5.41, 5.74) is -0.0683. The van der Waals surface area contributed by atoms with E-state index in [9.17, 15) is 14.3 Å². The molecule has 1 saturated heterocycles. The summed E-state index contributed by atoms with van der Waals surface area (Å²) >= 11 is 0. The SMILES string of the molecule is CC(=O)NCCCOc1ccc(CN2CCOC[C@@](O)(COc3ccc(F)cc3)C2)cc1. The number of nitrogens with one attached hydrogen (secondary N) is 1. The van der Waals surface area contributed by atoms with Gasteiger partial charge in [-0.2, -0.15) is 0 Å². The number of nitrogens with zero attached hydrogens (tertiary/aromatic N) is 1. The largest absolute Gasteiger partial charge is 0.494 e. The van der Waals surface area contributed by atoms with Gasteiger partial charge in [-0.05, 0) is 48.4 Å². The van der Waals surface area contributed by atoms with Crippen molar-refractivity contribution in [2.75, 3.05) is 46.1 Å². The molecule has 7 nitrogen and oxygen atoms in total. The molecule has 0 unspecified atom stereocenters. The van der Waals surface area contributed by atoms with Crippen LogP contribution >= 0.6 is 0 Å². The summed E-state index contributed by atoms with van der Waals surface area (Å²) < 4.78 is 30.0. The first kappa shape index (κ1) is 24.0. The normalized spacial score (nSPS) is 19.2. The molecule has 2 N–H and O–H groups in total. The second-order valence-corrected chi connectivity index (χ2v) is 8.06. The fourth-order valence-electron chi connectivity index (χ4n) is 3.44. The Morgan fingerprint density at radius 3 is 2.56 bits per heavy atom. The van der Waals surface area contributed by atoms with Gasteiger partial charge in [-0.1, -0.05) is 12.1 Å². The van der Waals surface area contributed by atoms with Gasteiger partial charge in [0.05, 0.1) is 19.8 Å². The average Bonchev–Trinajstić information content (AvgIpc) is 2.95. The zero-order chi connectivity index (χ0) is 22.8. The Labute approximate surface area is 188 Å². The molecule has 174 valence electrons. The van der Waals surface area contributed by atoms with Crippen LogP contribution in [0, 0.1) is 5.82 Å². The lowest BCUT2D eigenvalue weighted by Crippen LogP contribution is -2.48. The van der Waals surface area contributed by atoms with Crippen LogP contribution in [-0.4, -0.2) is 67.6 Å². The highest BCUT2D eigenvalue weighted by Crippen LogP contribution is 2.20. The van der Waals surface area contributed by atoms with Crippen LogP contribution in [0.2, 0.25) is 0 Å². The maximum atomic E-state index is 13.1. The van der Waals surface area contributed by atoms with Crippen molar-refractivity contribution < 1.29 is 28.5 Å². The van der Waals surface area contributed by atoms with Crippen molar-refractivity contribution in [1.82, 2.24) is 10.2 Å². The molecule has 1 heterocycles. The third kappa shape index (κ3) is 8.11. The Morgan fingerprint density at radius 1 is 1.16 bits per heavy atom. The minimum Gasteiger partial charge on any atom is -0.494 e. The molecule has 0 aliphatic carbocycles. The molecule has 2 aromatic rings. The molecular formula is C24H31FN2O5. The quantitative estimate of drug-likeness (QED) is 0.546. The van der Waals surface area contributed by atoms with Crippen LogP contribution in [0.4, 0.5) is 4.39 Å². The molecule has 2 aromatic carbocycles. The molecule has 0 spiro atoms. The van der Waals surface area contributed by atoms with Gasteiger partial charge in [-0.3, -0.25) is 9.69 Å². The maximum Gasteiger partial charge on any atom is 0.216 e. The van der Waals surface area contributed by atoms with Crippen LogP contribution in [0.1, 0.15) is 18.9 Å². The van der Waals surface area contributed by atoms with Crippen molar-refractivity contribution in [3.8, 4) is 11.5 Å². The number of β-amino-alcohol motifs (C(OH)–C–C–N with tert-alkyl or cyclic N) is 1. The molecule has 0 aromatic heterocycles. The second-order valence-electron chi connectivity index (χ2n) is 8.06. The van der Waals surface area contributed by atoms with Crippen molar-refractivity contribution in [3.05, 3.63) is 59.9 Å². The van der Waals surface area contributed by atoms with Gasteiger partial charge in [0.25, 0.3) is 0 Å². The number of rotatable bonds is 10. The van der Waals surface area contributed by atoms with E-state index in [1.807, 2.05) is 24.3 Å². The van der Waals surface area contributed by atoms with E-state index >= 15 is 0 Å². The smallest absolute Gasteiger partial charge is 0.216 e. The molecule has 3 rings (SSSR count). The van der Waals surface area contributed by atoms with E-state index in [4.69, 9.17) is 14.2 Å². The Bertz CT molecular complexity index is 846. The van der Waals surface area contributed by atoms with E-state index < -0.39 is 5.60 Å². The number of carbonyl (C=O) groups excluding carboxylic acids is 1. The lowest BCUT2D eigenvalue weighted by Gasteiger charge is -2.30. The fraction of sp³-hybridized carbons (Fsp3) is 0.458. The Balaban J connectivity index is 1.47. The Hall–Kier alpha value is -2.68. The standard InChI is InChI=1S/C24H31FN2O5/c1-19(28)26-11-2-13-31-22-7-3-20(4-8-22)15-27-12-14-30-17-24(29,16-27)18-32-23-9-5-21(25)6-10-23/h3-10,29H,2,11-18H2,1H3,(H,26,28)/t24-/m1/s1. The highest BCUT2D eigenvalue weighted by Gasteiger charge is 2.33. The van der Waals surface area contributed by atoms with Crippen LogP contribution in [-0.2, 0) is 16.1 Å². The molecule has 1 atom stereocenters. The summed E-state index contributed by atoms with van der Waals surface area (Å²) in [6, 6.07) is 13.6. The second kappa shape index (κ2) is 11.8. The average molecular weight is 447 g/mol. The summed E-state index contributed by atoms with van der Waals surface area (Å²) in [6.45, 7) is 5.13. The van der Waals surface area contributed by atoms with Crippen molar-refractivity contribution in [3.63, 3.8) is 0 Å². The Kier molecular flexibility index (Phi) is 8.84. The number of aliphatic hydroxyl groups is 1. The lowest BCUT2D eigenvalue weighted by atomic mass is 10.1. The minimum atomic E-state index is -1.16. The molecule has 0 bridgehead atoms. The minimum absolute atomic E-state index is 0.0396. The van der Waals surface area contributed by atoms with Crippen LogP contribution in [0.5, 0.6) is 11.5 Å². The number of carbonyl (C=O) groups is 1. The van der Waals surface area contributed by atoms with Crippen molar-refractivity contribution in [2.45, 2.75) is 25.5 Å². The fourth-order valence-corrected chi connectivity index (χ4v) is 3.44. The maximum absolute atomic E-state index is 13.1. The van der Waals surface area contributed by atoms with E-state index in [1.165, 1.54) is 31.2 Å². The number of amides is 1. The number of ether oxygens (including phenoxy) is 3. The molecule has 1 amide bonds. The zero-order valence-corrected chi connectivity index (χ0v) is 18.4. The van der Waals surface area contributed by atoms with E-state index in [1.54, 1.807) is 0 Å². The third-order valence-corrected chi connectivity index (χ3v) is 5.05. The molecule has 32 heavy (non-hydrogen) atoms. The first-order valence-electron chi connectivity index (χ1n) is 10.8. The molecule has 1 fully saturated rings. The summed E-state index contributed by atoms with van der Waals surface area (Å²) in [5, 5.41) is 13.8. The molecule has 0 radical (unpaired) electrons. The first-order chi connectivity index (χ1) is 15.4. The molecule has 1 aliphatic rings. The monoisotopic (exact) mass is 446 g/mol.